The van der Waals surface area contributed by atoms with E-state index in [2.05, 4.69) is 24.4 Å². The lowest BCUT2D eigenvalue weighted by molar-refractivity contribution is -0.121. The summed E-state index contributed by atoms with van der Waals surface area (Å²) >= 11 is 1.76. The van der Waals surface area contributed by atoms with E-state index in [9.17, 15) is 9.18 Å². The second-order valence-corrected chi connectivity index (χ2v) is 6.36. The minimum atomic E-state index is -0.282. The van der Waals surface area contributed by atoms with Gasteiger partial charge in [0.05, 0.1) is 6.42 Å². The highest BCUT2D eigenvalue weighted by atomic mass is 32.1. The molecule has 1 N–H and O–H groups in total. The van der Waals surface area contributed by atoms with Crippen molar-refractivity contribution in [3.8, 4) is 0 Å². The van der Waals surface area contributed by atoms with Gasteiger partial charge in [-0.2, -0.15) is 0 Å². The summed E-state index contributed by atoms with van der Waals surface area (Å²) in [5.41, 5.74) is 0.822. The Kier molecular flexibility index (Phi) is 4.90. The summed E-state index contributed by atoms with van der Waals surface area (Å²) in [5.74, 6) is -0.312. The number of thiophene rings is 1. The Morgan fingerprint density at radius 3 is 2.55 bits per heavy atom. The molecule has 1 aromatic carbocycles. The summed E-state index contributed by atoms with van der Waals surface area (Å²) in [6.07, 6.45) is 1.13. The van der Waals surface area contributed by atoms with E-state index in [0.29, 0.717) is 0 Å². The molecule has 20 heavy (non-hydrogen) atoms. The van der Waals surface area contributed by atoms with Gasteiger partial charge in [0, 0.05) is 22.2 Å². The van der Waals surface area contributed by atoms with Crippen LogP contribution >= 0.6 is 11.3 Å². The molecule has 2 rings (SSSR count). The normalized spacial score (nSPS) is 12.2. The molecule has 1 heterocycles. The average Bonchev–Trinajstić information content (AvgIpc) is 2.77. The van der Waals surface area contributed by atoms with Crippen LogP contribution in [-0.4, -0.2) is 11.9 Å². The summed E-state index contributed by atoms with van der Waals surface area (Å²) in [7, 11) is 0. The van der Waals surface area contributed by atoms with Gasteiger partial charge in [0.2, 0.25) is 5.91 Å². The highest BCUT2D eigenvalue weighted by Gasteiger charge is 2.10. The highest BCUT2D eigenvalue weighted by molar-refractivity contribution is 7.11. The van der Waals surface area contributed by atoms with Crippen LogP contribution in [0.5, 0.6) is 0 Å². The lowest BCUT2D eigenvalue weighted by atomic mass is 10.1. The first kappa shape index (κ1) is 14.7. The molecule has 0 fully saturated rings. The van der Waals surface area contributed by atoms with Crippen molar-refractivity contribution in [2.75, 3.05) is 0 Å². The van der Waals surface area contributed by atoms with Crippen LogP contribution in [0.3, 0.4) is 0 Å². The van der Waals surface area contributed by atoms with Crippen LogP contribution in [0.25, 0.3) is 0 Å². The Morgan fingerprint density at radius 2 is 1.95 bits per heavy atom. The monoisotopic (exact) mass is 291 g/mol. The first-order chi connectivity index (χ1) is 9.52. The van der Waals surface area contributed by atoms with Gasteiger partial charge in [-0.25, -0.2) is 4.39 Å². The van der Waals surface area contributed by atoms with Gasteiger partial charge in [-0.15, -0.1) is 11.3 Å². The molecule has 0 spiro atoms. The van der Waals surface area contributed by atoms with E-state index in [1.807, 2.05) is 6.92 Å². The summed E-state index contributed by atoms with van der Waals surface area (Å²) in [4.78, 5) is 14.5. The Morgan fingerprint density at radius 1 is 1.25 bits per heavy atom. The highest BCUT2D eigenvalue weighted by Crippen LogP contribution is 2.16. The second-order valence-electron chi connectivity index (χ2n) is 4.99. The number of halogens is 1. The molecule has 1 aromatic heterocycles. The van der Waals surface area contributed by atoms with Crippen molar-refractivity contribution in [1.82, 2.24) is 5.32 Å². The molecular weight excluding hydrogens is 273 g/mol. The molecule has 2 aromatic rings. The van der Waals surface area contributed by atoms with Crippen LogP contribution in [0, 0.1) is 12.7 Å². The van der Waals surface area contributed by atoms with E-state index in [1.54, 1.807) is 23.5 Å². The fourth-order valence-corrected chi connectivity index (χ4v) is 3.08. The molecule has 1 unspecified atom stereocenters. The van der Waals surface area contributed by atoms with Gasteiger partial charge in [-0.1, -0.05) is 12.1 Å². The largest absolute Gasteiger partial charge is 0.353 e. The molecule has 1 atom stereocenters. The standard InChI is InChI=1S/C16H18FNOS/c1-11(9-15-8-3-12(2)20-15)18-16(19)10-13-4-6-14(17)7-5-13/h3-8,11H,9-10H2,1-2H3,(H,18,19). The van der Waals surface area contributed by atoms with E-state index < -0.39 is 0 Å². The maximum Gasteiger partial charge on any atom is 0.224 e. The zero-order chi connectivity index (χ0) is 14.5. The number of hydrogen-bond donors (Lipinski definition) is 1. The Hall–Kier alpha value is -1.68. The maximum atomic E-state index is 12.8. The topological polar surface area (TPSA) is 29.1 Å². The third kappa shape index (κ3) is 4.46. The third-order valence-corrected chi connectivity index (χ3v) is 4.01. The summed E-state index contributed by atoms with van der Waals surface area (Å²) in [5, 5.41) is 2.97. The first-order valence-electron chi connectivity index (χ1n) is 6.62. The molecule has 4 heteroatoms. The van der Waals surface area contributed by atoms with Crippen LogP contribution in [0.2, 0.25) is 0 Å². The summed E-state index contributed by atoms with van der Waals surface area (Å²) in [6.45, 7) is 4.07. The molecule has 0 bridgehead atoms. The van der Waals surface area contributed by atoms with Gasteiger partial charge in [-0.3, -0.25) is 4.79 Å². The minimum Gasteiger partial charge on any atom is -0.353 e. The first-order valence-corrected chi connectivity index (χ1v) is 7.43. The molecule has 106 valence electrons. The van der Waals surface area contributed by atoms with Gasteiger partial charge >= 0.3 is 0 Å². The molecule has 0 saturated carbocycles. The molecule has 1 amide bonds. The van der Waals surface area contributed by atoms with Crippen molar-refractivity contribution in [2.24, 2.45) is 0 Å². The molecule has 0 aliphatic rings. The SMILES string of the molecule is Cc1ccc(CC(C)NC(=O)Cc2ccc(F)cc2)s1. The Balaban J connectivity index is 1.83. The maximum absolute atomic E-state index is 12.8. The van der Waals surface area contributed by atoms with Gasteiger partial charge in [0.25, 0.3) is 0 Å². The van der Waals surface area contributed by atoms with E-state index >= 15 is 0 Å². The number of amides is 1. The van der Waals surface area contributed by atoms with Crippen molar-refractivity contribution in [3.05, 3.63) is 57.5 Å². The molecular formula is C16H18FNOS. The molecule has 0 radical (unpaired) electrons. The number of benzene rings is 1. The predicted octanol–water partition coefficient (Wildman–Crippen LogP) is 3.49. The number of rotatable bonds is 5. The Labute approximate surface area is 122 Å². The zero-order valence-corrected chi connectivity index (χ0v) is 12.5. The van der Waals surface area contributed by atoms with E-state index in [0.717, 1.165) is 12.0 Å². The lowest BCUT2D eigenvalue weighted by Gasteiger charge is -2.13. The van der Waals surface area contributed by atoms with Crippen LogP contribution in [-0.2, 0) is 17.6 Å². The summed E-state index contributed by atoms with van der Waals surface area (Å²) < 4.78 is 12.8. The number of hydrogen-bond acceptors (Lipinski definition) is 2. The molecule has 0 saturated heterocycles. The van der Waals surface area contributed by atoms with Gasteiger partial charge in [0.1, 0.15) is 5.82 Å². The second kappa shape index (κ2) is 6.66. The third-order valence-electron chi connectivity index (χ3n) is 2.99. The zero-order valence-electron chi connectivity index (χ0n) is 11.7. The van der Waals surface area contributed by atoms with E-state index in [1.165, 1.54) is 21.9 Å². The predicted molar refractivity (Wildman–Crippen MR) is 80.5 cm³/mol. The van der Waals surface area contributed by atoms with Crippen molar-refractivity contribution < 1.29 is 9.18 Å². The number of carbonyl (C=O) groups excluding carboxylic acids is 1. The van der Waals surface area contributed by atoms with Crippen molar-refractivity contribution in [3.63, 3.8) is 0 Å². The van der Waals surface area contributed by atoms with Crippen molar-refractivity contribution >= 4 is 17.2 Å². The van der Waals surface area contributed by atoms with Gasteiger partial charge in [-0.05, 0) is 43.7 Å². The van der Waals surface area contributed by atoms with Gasteiger partial charge < -0.3 is 5.32 Å². The lowest BCUT2D eigenvalue weighted by Crippen LogP contribution is -2.34. The molecule has 0 aliphatic heterocycles. The van der Waals surface area contributed by atoms with Crippen LogP contribution in [0.4, 0.5) is 4.39 Å². The minimum absolute atomic E-state index is 0.0302. The molecule has 2 nitrogen and oxygen atoms in total. The molecule has 0 aliphatic carbocycles. The Bertz CT molecular complexity index is 576. The van der Waals surface area contributed by atoms with E-state index in [4.69, 9.17) is 0 Å². The quantitative estimate of drug-likeness (QED) is 0.897. The number of carbonyl (C=O) groups is 1. The average molecular weight is 291 g/mol. The van der Waals surface area contributed by atoms with Crippen LogP contribution < -0.4 is 5.32 Å². The van der Waals surface area contributed by atoms with Crippen LogP contribution in [0.1, 0.15) is 22.2 Å². The number of aryl methyl sites for hydroxylation is 1. The van der Waals surface area contributed by atoms with Gasteiger partial charge in [0.15, 0.2) is 0 Å². The van der Waals surface area contributed by atoms with Crippen molar-refractivity contribution in [1.29, 1.82) is 0 Å². The van der Waals surface area contributed by atoms with Crippen LogP contribution in [0.15, 0.2) is 36.4 Å². The fraction of sp³-hybridized carbons (Fsp3) is 0.312. The smallest absolute Gasteiger partial charge is 0.224 e. The fourth-order valence-electron chi connectivity index (χ4n) is 2.06. The number of nitrogens with one attached hydrogen (secondary N) is 1. The van der Waals surface area contributed by atoms with Crippen molar-refractivity contribution in [2.45, 2.75) is 32.7 Å². The van der Waals surface area contributed by atoms with E-state index in [-0.39, 0.29) is 24.2 Å². The summed E-state index contributed by atoms with van der Waals surface area (Å²) in [6, 6.07) is 10.3.